The van der Waals surface area contributed by atoms with Crippen molar-refractivity contribution in [1.82, 2.24) is 4.90 Å². The third kappa shape index (κ3) is 3.93. The molecule has 0 amide bonds. The number of nitrogens with two attached hydrogens (primary N) is 1. The summed E-state index contributed by atoms with van der Waals surface area (Å²) in [7, 11) is 0. The monoisotopic (exact) mass is 373 g/mol. The van der Waals surface area contributed by atoms with Crippen LogP contribution in [-0.4, -0.2) is 35.6 Å². The normalized spacial score (nSPS) is 19.2. The van der Waals surface area contributed by atoms with Crippen molar-refractivity contribution in [3.05, 3.63) is 28.0 Å². The van der Waals surface area contributed by atoms with E-state index in [4.69, 9.17) is 18.0 Å². The van der Waals surface area contributed by atoms with Crippen molar-refractivity contribution in [3.8, 4) is 0 Å². The van der Waals surface area contributed by atoms with Gasteiger partial charge >= 0.3 is 0 Å². The van der Waals surface area contributed by atoms with Crippen LogP contribution in [0.2, 0.25) is 0 Å². The molecule has 0 saturated carbocycles. The fraction of sp³-hybridized carbons (Fsp3) is 0.533. The van der Waals surface area contributed by atoms with E-state index < -0.39 is 0 Å². The molecule has 1 aromatic rings. The van der Waals surface area contributed by atoms with Crippen LogP contribution in [0.1, 0.15) is 25.8 Å². The Hall–Kier alpha value is -0.720. The van der Waals surface area contributed by atoms with Gasteiger partial charge in [0.1, 0.15) is 4.99 Å². The second-order valence-corrected chi connectivity index (χ2v) is 7.01. The van der Waals surface area contributed by atoms with Gasteiger partial charge in [0.05, 0.1) is 10.2 Å². The highest BCUT2D eigenvalue weighted by atomic mass is 79.9. The van der Waals surface area contributed by atoms with E-state index in [0.29, 0.717) is 27.7 Å². The molecule has 0 bridgehead atoms. The highest BCUT2D eigenvalue weighted by Gasteiger charge is 2.24. The largest absolute Gasteiger partial charge is 0.389 e. The molecule has 0 radical (unpaired) electrons. The average molecular weight is 374 g/mol. The Balaban J connectivity index is 1.98. The van der Waals surface area contributed by atoms with Crippen molar-refractivity contribution in [2.75, 3.05) is 25.0 Å². The summed E-state index contributed by atoms with van der Waals surface area (Å²) in [6.07, 6.45) is 1.15. The van der Waals surface area contributed by atoms with Crippen molar-refractivity contribution in [3.63, 3.8) is 0 Å². The van der Waals surface area contributed by atoms with Gasteiger partial charge in [0, 0.05) is 24.7 Å². The number of halogens is 2. The lowest BCUT2D eigenvalue weighted by Gasteiger charge is -2.20. The quantitative estimate of drug-likeness (QED) is 0.776. The highest BCUT2D eigenvalue weighted by Crippen LogP contribution is 2.28. The number of nitrogens with zero attached hydrogens (tertiary/aromatic N) is 1. The molecule has 1 atom stereocenters. The van der Waals surface area contributed by atoms with Gasteiger partial charge in [0.2, 0.25) is 0 Å². The molecule has 21 heavy (non-hydrogen) atoms. The van der Waals surface area contributed by atoms with E-state index >= 15 is 0 Å². The van der Waals surface area contributed by atoms with Crippen LogP contribution < -0.4 is 11.1 Å². The molecule has 1 aliphatic rings. The second kappa shape index (κ2) is 7.03. The van der Waals surface area contributed by atoms with Gasteiger partial charge in [-0.05, 0) is 60.8 Å². The van der Waals surface area contributed by atoms with E-state index in [2.05, 4.69) is 40.0 Å². The molecule has 0 spiro atoms. The third-order valence-corrected chi connectivity index (χ3v) is 4.97. The van der Waals surface area contributed by atoms with Crippen LogP contribution in [-0.2, 0) is 0 Å². The fourth-order valence-electron chi connectivity index (χ4n) is 2.63. The van der Waals surface area contributed by atoms with Crippen LogP contribution >= 0.6 is 28.1 Å². The Kier molecular flexibility index (Phi) is 5.57. The summed E-state index contributed by atoms with van der Waals surface area (Å²) in [4.78, 5) is 2.64. The molecule has 3 N–H and O–H groups in total. The van der Waals surface area contributed by atoms with Gasteiger partial charge in [-0.25, -0.2) is 4.39 Å². The Bertz CT molecular complexity index is 536. The lowest BCUT2D eigenvalue weighted by molar-refractivity contribution is 0.266. The maximum absolute atomic E-state index is 14.3. The molecule has 2 rings (SSSR count). The van der Waals surface area contributed by atoms with E-state index in [1.165, 1.54) is 0 Å². The van der Waals surface area contributed by atoms with Crippen LogP contribution in [0.25, 0.3) is 0 Å². The first-order chi connectivity index (χ1) is 9.90. The van der Waals surface area contributed by atoms with Crippen molar-refractivity contribution in [1.29, 1.82) is 0 Å². The summed E-state index contributed by atoms with van der Waals surface area (Å²) in [5, 5.41) is 3.21. The van der Waals surface area contributed by atoms with Crippen LogP contribution in [0.4, 0.5) is 10.1 Å². The van der Waals surface area contributed by atoms with Crippen LogP contribution in [0.15, 0.2) is 16.6 Å². The van der Waals surface area contributed by atoms with Crippen molar-refractivity contribution in [2.45, 2.75) is 26.3 Å². The first-order valence-electron chi connectivity index (χ1n) is 7.16. The van der Waals surface area contributed by atoms with Gasteiger partial charge in [-0.3, -0.25) is 0 Å². The van der Waals surface area contributed by atoms with E-state index in [1.54, 1.807) is 12.1 Å². The minimum absolute atomic E-state index is 0.190. The topological polar surface area (TPSA) is 41.3 Å². The van der Waals surface area contributed by atoms with Gasteiger partial charge in [0.15, 0.2) is 5.82 Å². The molecule has 116 valence electrons. The lowest BCUT2D eigenvalue weighted by Crippen LogP contribution is -2.29. The molecule has 0 aromatic heterocycles. The van der Waals surface area contributed by atoms with Crippen molar-refractivity contribution >= 4 is 38.8 Å². The van der Waals surface area contributed by atoms with Crippen LogP contribution in [0, 0.1) is 11.7 Å². The lowest BCUT2D eigenvalue weighted by atomic mass is 10.1. The zero-order valence-corrected chi connectivity index (χ0v) is 14.7. The van der Waals surface area contributed by atoms with Gasteiger partial charge in [-0.2, -0.15) is 0 Å². The number of rotatable bonds is 5. The summed E-state index contributed by atoms with van der Waals surface area (Å²) in [6.45, 7) is 7.38. The molecule has 0 aliphatic carbocycles. The van der Waals surface area contributed by atoms with Crippen LogP contribution in [0.5, 0.6) is 0 Å². The smallest absolute Gasteiger partial charge is 0.161 e. The Morgan fingerprint density at radius 1 is 1.57 bits per heavy atom. The molecular formula is C15H21BrFN3S. The number of hydrogen-bond donors (Lipinski definition) is 2. The zero-order valence-electron chi connectivity index (χ0n) is 12.3. The Labute approximate surface area is 139 Å². The van der Waals surface area contributed by atoms with Gasteiger partial charge in [-0.15, -0.1) is 0 Å². The number of likely N-dealkylation sites (tertiary alicyclic amines) is 1. The number of anilines is 1. The first-order valence-corrected chi connectivity index (χ1v) is 8.36. The molecule has 1 fully saturated rings. The maximum atomic E-state index is 14.3. The predicted octanol–water partition coefficient (Wildman–Crippen LogP) is 3.36. The van der Waals surface area contributed by atoms with E-state index in [-0.39, 0.29) is 10.8 Å². The number of nitrogens with one attached hydrogen (secondary N) is 1. The molecule has 1 heterocycles. The second-order valence-electron chi connectivity index (χ2n) is 5.78. The van der Waals surface area contributed by atoms with E-state index in [1.807, 2.05) is 0 Å². The number of thiocarbonyl (C=S) groups is 1. The van der Waals surface area contributed by atoms with Crippen molar-refractivity contribution < 1.29 is 4.39 Å². The molecule has 1 unspecified atom stereocenters. The average Bonchev–Trinajstić information content (AvgIpc) is 2.89. The minimum Gasteiger partial charge on any atom is -0.389 e. The Morgan fingerprint density at radius 3 is 2.86 bits per heavy atom. The summed E-state index contributed by atoms with van der Waals surface area (Å²) in [5.41, 5.74) is 6.58. The standard InChI is InChI=1S/C15H21BrFN3S/c1-9(2)20-6-5-10(8-20)7-19-12-4-3-11(15(18)21)13(16)14(12)17/h3-4,9-10,19H,5-8H2,1-2H3,(H2,18,21). The molecule has 1 aromatic carbocycles. The van der Waals surface area contributed by atoms with Crippen molar-refractivity contribution in [2.24, 2.45) is 11.7 Å². The highest BCUT2D eigenvalue weighted by molar-refractivity contribution is 9.10. The SMILES string of the molecule is CC(C)N1CCC(CNc2ccc(C(N)=S)c(Br)c2F)C1. The van der Waals surface area contributed by atoms with Gasteiger partial charge in [-0.1, -0.05) is 12.2 Å². The third-order valence-electron chi connectivity index (χ3n) is 3.98. The molecule has 6 heteroatoms. The van der Waals surface area contributed by atoms with Gasteiger partial charge < -0.3 is 16.0 Å². The minimum atomic E-state index is -0.334. The number of hydrogen-bond acceptors (Lipinski definition) is 3. The molecule has 3 nitrogen and oxygen atoms in total. The van der Waals surface area contributed by atoms with E-state index in [9.17, 15) is 4.39 Å². The Morgan fingerprint density at radius 2 is 2.29 bits per heavy atom. The molecule has 1 saturated heterocycles. The number of benzene rings is 1. The first kappa shape index (κ1) is 16.6. The summed E-state index contributed by atoms with van der Waals surface area (Å²) < 4.78 is 14.6. The summed E-state index contributed by atoms with van der Waals surface area (Å²) in [6, 6.07) is 4.02. The molecular weight excluding hydrogens is 353 g/mol. The summed E-state index contributed by atoms with van der Waals surface area (Å²) in [5.74, 6) is 0.222. The maximum Gasteiger partial charge on any atom is 0.161 e. The predicted molar refractivity (Wildman–Crippen MR) is 93.3 cm³/mol. The molecule has 1 aliphatic heterocycles. The van der Waals surface area contributed by atoms with Gasteiger partial charge in [0.25, 0.3) is 0 Å². The fourth-order valence-corrected chi connectivity index (χ4v) is 3.49. The van der Waals surface area contributed by atoms with Crippen LogP contribution in [0.3, 0.4) is 0 Å². The van der Waals surface area contributed by atoms with E-state index in [0.717, 1.165) is 26.1 Å². The zero-order chi connectivity index (χ0) is 15.6. The summed E-state index contributed by atoms with van der Waals surface area (Å²) >= 11 is 8.12.